The maximum Gasteiger partial charge on any atom is 0.194 e. The monoisotopic (exact) mass is 529 g/mol. The van der Waals surface area contributed by atoms with E-state index in [1.54, 1.807) is 18.4 Å². The molecule has 0 aliphatic carbocycles. The molecule has 0 unspecified atom stereocenters. The summed E-state index contributed by atoms with van der Waals surface area (Å²) in [7, 11) is 3.55. The van der Waals surface area contributed by atoms with Gasteiger partial charge in [-0.25, -0.2) is 4.98 Å². The maximum atomic E-state index is 5.35. The van der Waals surface area contributed by atoms with E-state index in [4.69, 9.17) is 9.72 Å². The summed E-state index contributed by atoms with van der Waals surface area (Å²) in [6, 6.07) is 8.26. The number of methoxy groups -OCH3 is 1. The Morgan fingerprint density at radius 3 is 2.55 bits per heavy atom. The Labute approximate surface area is 195 Å². The minimum Gasteiger partial charge on any atom is -0.497 e. The predicted octanol–water partition coefficient (Wildman–Crippen LogP) is 3.96. The average Bonchev–Trinajstić information content (AvgIpc) is 3.18. The summed E-state index contributed by atoms with van der Waals surface area (Å²) >= 11 is 1.71. The Bertz CT molecular complexity index is 809. The third-order valence-corrected chi connectivity index (χ3v) is 5.78. The highest BCUT2D eigenvalue weighted by Crippen LogP contribution is 2.24. The van der Waals surface area contributed by atoms with Gasteiger partial charge in [0.1, 0.15) is 10.8 Å². The number of hydrogen-bond donors (Lipinski definition) is 1. The fourth-order valence-corrected chi connectivity index (χ4v) is 4.17. The van der Waals surface area contributed by atoms with Gasteiger partial charge in [-0.2, -0.15) is 0 Å². The fourth-order valence-electron chi connectivity index (χ4n) is 3.21. The average molecular weight is 529 g/mol. The summed E-state index contributed by atoms with van der Waals surface area (Å²) in [6.07, 6.45) is 0. The first-order chi connectivity index (χ1) is 13.4. The molecule has 0 atom stereocenters. The van der Waals surface area contributed by atoms with Crippen molar-refractivity contribution in [3.05, 3.63) is 40.3 Å². The molecule has 1 N–H and O–H groups in total. The van der Waals surface area contributed by atoms with Gasteiger partial charge in [-0.1, -0.05) is 26.8 Å². The highest BCUT2D eigenvalue weighted by atomic mass is 127. The smallest absolute Gasteiger partial charge is 0.194 e. The molecule has 8 heteroatoms. The molecule has 29 heavy (non-hydrogen) atoms. The van der Waals surface area contributed by atoms with Crippen LogP contribution in [0.15, 0.2) is 34.6 Å². The second kappa shape index (κ2) is 10.5. The van der Waals surface area contributed by atoms with Crippen molar-refractivity contribution in [2.45, 2.75) is 32.7 Å². The molecular weight excluding hydrogens is 497 g/mol. The van der Waals surface area contributed by atoms with Crippen LogP contribution in [0.1, 0.15) is 31.5 Å². The van der Waals surface area contributed by atoms with E-state index >= 15 is 0 Å². The van der Waals surface area contributed by atoms with Crippen molar-refractivity contribution in [2.75, 3.05) is 45.2 Å². The molecule has 0 spiro atoms. The number of rotatable bonds is 4. The van der Waals surface area contributed by atoms with Gasteiger partial charge in [0, 0.05) is 55.8 Å². The molecule has 0 bridgehead atoms. The molecule has 1 fully saturated rings. The second-order valence-corrected chi connectivity index (χ2v) is 8.90. The van der Waals surface area contributed by atoms with E-state index in [2.05, 4.69) is 58.4 Å². The minimum atomic E-state index is 0. The van der Waals surface area contributed by atoms with Gasteiger partial charge >= 0.3 is 0 Å². The normalized spacial score (nSPS) is 15.1. The Morgan fingerprint density at radius 2 is 1.97 bits per heavy atom. The van der Waals surface area contributed by atoms with Crippen molar-refractivity contribution in [1.82, 2.24) is 15.2 Å². The number of halogens is 1. The van der Waals surface area contributed by atoms with Crippen LogP contribution in [-0.4, -0.2) is 56.2 Å². The quantitative estimate of drug-likeness (QED) is 0.369. The number of hydrogen-bond acceptors (Lipinski definition) is 5. The van der Waals surface area contributed by atoms with Gasteiger partial charge in [-0.3, -0.25) is 4.99 Å². The summed E-state index contributed by atoms with van der Waals surface area (Å²) in [5.41, 5.74) is 2.45. The fraction of sp³-hybridized carbons (Fsp3) is 0.524. The van der Waals surface area contributed by atoms with E-state index in [1.807, 2.05) is 19.2 Å². The lowest BCUT2D eigenvalue weighted by molar-refractivity contribution is 0.371. The number of nitrogens with zero attached hydrogens (tertiary/aromatic N) is 4. The third-order valence-electron chi connectivity index (χ3n) is 4.93. The van der Waals surface area contributed by atoms with Crippen molar-refractivity contribution in [3.63, 3.8) is 0 Å². The first-order valence-corrected chi connectivity index (χ1v) is 10.6. The number of guanidine groups is 1. The zero-order chi connectivity index (χ0) is 20.1. The Kier molecular flexibility index (Phi) is 8.57. The highest BCUT2D eigenvalue weighted by Gasteiger charge is 2.21. The number of piperazine rings is 1. The Balaban J connectivity index is 0.00000300. The number of ether oxygens (including phenoxy) is 1. The molecule has 1 aliphatic heterocycles. The largest absolute Gasteiger partial charge is 0.497 e. The third kappa shape index (κ3) is 6.21. The van der Waals surface area contributed by atoms with Crippen molar-refractivity contribution in [2.24, 2.45) is 4.99 Å². The molecule has 0 saturated carbocycles. The van der Waals surface area contributed by atoms with Gasteiger partial charge < -0.3 is 19.9 Å². The van der Waals surface area contributed by atoms with Gasteiger partial charge in [0.15, 0.2) is 5.96 Å². The first-order valence-electron chi connectivity index (χ1n) is 9.70. The van der Waals surface area contributed by atoms with E-state index in [0.29, 0.717) is 6.54 Å². The highest BCUT2D eigenvalue weighted by molar-refractivity contribution is 14.0. The van der Waals surface area contributed by atoms with Crippen molar-refractivity contribution < 1.29 is 4.74 Å². The number of anilines is 1. The van der Waals surface area contributed by atoms with Crippen LogP contribution in [-0.2, 0) is 12.0 Å². The van der Waals surface area contributed by atoms with E-state index < -0.39 is 0 Å². The Morgan fingerprint density at radius 1 is 1.24 bits per heavy atom. The molecule has 1 aromatic carbocycles. The SMILES string of the molecule is CN=C(NCc1nc(C(C)(C)C)cs1)N1CCN(c2cccc(OC)c2)CC1.I. The molecule has 0 radical (unpaired) electrons. The van der Waals surface area contributed by atoms with Crippen LogP contribution in [0.2, 0.25) is 0 Å². The molecule has 1 saturated heterocycles. The Hall–Kier alpha value is -1.55. The summed E-state index contributed by atoms with van der Waals surface area (Å²) in [5, 5.41) is 6.74. The van der Waals surface area contributed by atoms with Gasteiger partial charge in [-0.05, 0) is 12.1 Å². The summed E-state index contributed by atoms with van der Waals surface area (Å²) < 4.78 is 5.35. The van der Waals surface area contributed by atoms with Crippen LogP contribution in [0.3, 0.4) is 0 Å². The molecule has 2 heterocycles. The molecule has 3 rings (SSSR count). The van der Waals surface area contributed by atoms with E-state index in [0.717, 1.165) is 48.6 Å². The molecule has 6 nitrogen and oxygen atoms in total. The topological polar surface area (TPSA) is 53.0 Å². The van der Waals surface area contributed by atoms with Crippen LogP contribution >= 0.6 is 35.3 Å². The zero-order valence-electron chi connectivity index (χ0n) is 17.9. The van der Waals surface area contributed by atoms with Gasteiger partial charge in [0.25, 0.3) is 0 Å². The lowest BCUT2D eigenvalue weighted by Gasteiger charge is -2.37. The van der Waals surface area contributed by atoms with Crippen molar-refractivity contribution in [3.8, 4) is 5.75 Å². The molecule has 0 amide bonds. The minimum absolute atomic E-state index is 0. The molecule has 1 aliphatic rings. The lowest BCUT2D eigenvalue weighted by atomic mass is 9.93. The van der Waals surface area contributed by atoms with E-state index in [-0.39, 0.29) is 29.4 Å². The van der Waals surface area contributed by atoms with E-state index in [1.165, 1.54) is 5.69 Å². The lowest BCUT2D eigenvalue weighted by Crippen LogP contribution is -2.52. The van der Waals surface area contributed by atoms with Crippen LogP contribution in [0.5, 0.6) is 5.75 Å². The number of aliphatic imine (C=N–C) groups is 1. The van der Waals surface area contributed by atoms with E-state index in [9.17, 15) is 0 Å². The van der Waals surface area contributed by atoms with Crippen LogP contribution in [0.25, 0.3) is 0 Å². The number of aromatic nitrogens is 1. The summed E-state index contributed by atoms with van der Waals surface area (Å²) in [4.78, 5) is 13.9. The number of benzene rings is 1. The second-order valence-electron chi connectivity index (χ2n) is 7.95. The number of nitrogens with one attached hydrogen (secondary N) is 1. The van der Waals surface area contributed by atoms with Gasteiger partial charge in [0.2, 0.25) is 0 Å². The summed E-state index contributed by atoms with van der Waals surface area (Å²) in [6.45, 7) is 11.1. The molecule has 160 valence electrons. The molecule has 1 aromatic heterocycles. The van der Waals surface area contributed by atoms with Crippen LogP contribution in [0, 0.1) is 0 Å². The van der Waals surface area contributed by atoms with Crippen LogP contribution in [0.4, 0.5) is 5.69 Å². The summed E-state index contributed by atoms with van der Waals surface area (Å²) in [5.74, 6) is 1.84. The first kappa shape index (κ1) is 23.7. The van der Waals surface area contributed by atoms with Gasteiger partial charge in [-0.15, -0.1) is 35.3 Å². The molecular formula is C21H32IN5OS. The van der Waals surface area contributed by atoms with Gasteiger partial charge in [0.05, 0.1) is 19.3 Å². The van der Waals surface area contributed by atoms with Crippen LogP contribution < -0.4 is 15.0 Å². The van der Waals surface area contributed by atoms with Crippen molar-refractivity contribution >= 4 is 47.0 Å². The predicted molar refractivity (Wildman–Crippen MR) is 133 cm³/mol. The zero-order valence-corrected chi connectivity index (χ0v) is 21.1. The number of thiazole rings is 1. The molecule has 2 aromatic rings. The standard InChI is InChI=1S/C21H31N5OS.HI/c1-21(2,3)18-15-28-19(24-18)14-23-20(22-4)26-11-9-25(10-12-26)16-7-6-8-17(13-16)27-5;/h6-8,13,15H,9-12,14H2,1-5H3,(H,22,23);1H. The van der Waals surface area contributed by atoms with Crippen molar-refractivity contribution in [1.29, 1.82) is 0 Å². The maximum absolute atomic E-state index is 5.35.